The lowest BCUT2D eigenvalue weighted by molar-refractivity contribution is -0.154. The van der Waals surface area contributed by atoms with Crippen LogP contribution in [0.3, 0.4) is 0 Å². The predicted octanol–water partition coefficient (Wildman–Crippen LogP) is 3.22. The van der Waals surface area contributed by atoms with Gasteiger partial charge in [0.1, 0.15) is 0 Å². The van der Waals surface area contributed by atoms with Crippen molar-refractivity contribution in [1.29, 1.82) is 0 Å². The van der Waals surface area contributed by atoms with Crippen molar-refractivity contribution in [2.24, 2.45) is 4.99 Å². The van der Waals surface area contributed by atoms with Gasteiger partial charge >= 0.3 is 0 Å². The molecule has 1 aromatic rings. The summed E-state index contributed by atoms with van der Waals surface area (Å²) in [6, 6.07) is 5.68. The minimum atomic E-state index is -0.683. The van der Waals surface area contributed by atoms with E-state index in [0.29, 0.717) is 43.9 Å². The summed E-state index contributed by atoms with van der Waals surface area (Å²) in [7, 11) is 3.23. The molecule has 5 nitrogen and oxygen atoms in total. The zero-order valence-electron chi connectivity index (χ0n) is 15.2. The van der Waals surface area contributed by atoms with Crippen molar-refractivity contribution in [3.05, 3.63) is 23.8 Å². The first-order valence-corrected chi connectivity index (χ1v) is 8.52. The first-order valence-electron chi connectivity index (χ1n) is 8.52. The van der Waals surface area contributed by atoms with Gasteiger partial charge in [-0.05, 0) is 49.9 Å². The SMILES string of the molecule is CC[C@]1(C)C[C@](O)(CCN=Cc2ccc(OC)c(OC)c2)CCO1. The molecule has 0 aromatic heterocycles. The van der Waals surface area contributed by atoms with Crippen LogP contribution in [0.15, 0.2) is 23.2 Å². The molecule has 134 valence electrons. The number of hydrogen-bond donors (Lipinski definition) is 1. The van der Waals surface area contributed by atoms with Crippen molar-refractivity contribution >= 4 is 6.21 Å². The molecule has 0 saturated carbocycles. The quantitative estimate of drug-likeness (QED) is 0.777. The topological polar surface area (TPSA) is 60.3 Å². The fourth-order valence-corrected chi connectivity index (χ4v) is 3.14. The lowest BCUT2D eigenvalue weighted by atomic mass is 9.80. The standard InChI is InChI=1S/C19H29NO4/c1-5-18(2)14-19(21,9-11-24-18)8-10-20-13-15-6-7-16(22-3)17(12-15)23-4/h6-7,12-13,21H,5,8-11,14H2,1-4H3/t18-,19+/m1/s1. The minimum absolute atomic E-state index is 0.222. The molecule has 1 aliphatic heterocycles. The lowest BCUT2D eigenvalue weighted by Gasteiger charge is -2.43. The number of aliphatic hydroxyl groups is 1. The molecule has 2 atom stereocenters. The number of hydrogen-bond acceptors (Lipinski definition) is 5. The Bertz CT molecular complexity index is 574. The molecule has 0 amide bonds. The molecule has 1 aromatic carbocycles. The Kier molecular flexibility index (Phi) is 6.24. The van der Waals surface area contributed by atoms with E-state index in [-0.39, 0.29) is 5.60 Å². The van der Waals surface area contributed by atoms with Crippen LogP contribution in [-0.4, -0.2) is 49.9 Å². The minimum Gasteiger partial charge on any atom is -0.493 e. The number of methoxy groups -OCH3 is 2. The van der Waals surface area contributed by atoms with E-state index in [4.69, 9.17) is 14.2 Å². The zero-order valence-corrected chi connectivity index (χ0v) is 15.2. The normalized spacial score (nSPS) is 27.4. The largest absolute Gasteiger partial charge is 0.493 e. The molecule has 1 saturated heterocycles. The van der Waals surface area contributed by atoms with Crippen LogP contribution in [-0.2, 0) is 4.74 Å². The van der Waals surface area contributed by atoms with Crippen molar-refractivity contribution < 1.29 is 19.3 Å². The van der Waals surface area contributed by atoms with Crippen LogP contribution in [0.25, 0.3) is 0 Å². The van der Waals surface area contributed by atoms with E-state index >= 15 is 0 Å². The first-order chi connectivity index (χ1) is 11.4. The van der Waals surface area contributed by atoms with Crippen LogP contribution in [0.1, 0.15) is 45.1 Å². The summed E-state index contributed by atoms with van der Waals surface area (Å²) in [5.41, 5.74) is 0.0443. The third-order valence-electron chi connectivity index (χ3n) is 4.82. The second-order valence-corrected chi connectivity index (χ2v) is 6.70. The number of aliphatic imine (C=N–C) groups is 1. The number of nitrogens with zero attached hydrogens (tertiary/aromatic N) is 1. The van der Waals surface area contributed by atoms with Crippen molar-refractivity contribution in [2.45, 2.75) is 50.7 Å². The summed E-state index contributed by atoms with van der Waals surface area (Å²) in [5.74, 6) is 1.38. The van der Waals surface area contributed by atoms with E-state index in [1.165, 1.54) is 0 Å². The Morgan fingerprint density at radius 3 is 2.71 bits per heavy atom. The summed E-state index contributed by atoms with van der Waals surface area (Å²) in [5, 5.41) is 10.8. The highest BCUT2D eigenvalue weighted by molar-refractivity contribution is 5.80. The average molecular weight is 335 g/mol. The maximum Gasteiger partial charge on any atom is 0.161 e. The molecule has 0 unspecified atom stereocenters. The van der Waals surface area contributed by atoms with Crippen LogP contribution in [0.4, 0.5) is 0 Å². The van der Waals surface area contributed by atoms with E-state index in [2.05, 4.69) is 18.8 Å². The van der Waals surface area contributed by atoms with Gasteiger partial charge in [0.05, 0.1) is 32.0 Å². The molecule has 1 heterocycles. The fourth-order valence-electron chi connectivity index (χ4n) is 3.14. The molecule has 2 rings (SSSR count). The molecule has 0 radical (unpaired) electrons. The highest BCUT2D eigenvalue weighted by Crippen LogP contribution is 2.36. The van der Waals surface area contributed by atoms with Crippen LogP contribution in [0.2, 0.25) is 0 Å². The predicted molar refractivity (Wildman–Crippen MR) is 95.5 cm³/mol. The van der Waals surface area contributed by atoms with Gasteiger partial charge in [-0.2, -0.15) is 0 Å². The second kappa shape index (κ2) is 7.99. The lowest BCUT2D eigenvalue weighted by Crippen LogP contribution is -2.47. The highest BCUT2D eigenvalue weighted by atomic mass is 16.5. The number of benzene rings is 1. The third-order valence-corrected chi connectivity index (χ3v) is 4.82. The summed E-state index contributed by atoms with van der Waals surface area (Å²) >= 11 is 0. The highest BCUT2D eigenvalue weighted by Gasteiger charge is 2.40. The Morgan fingerprint density at radius 2 is 2.04 bits per heavy atom. The summed E-state index contributed by atoms with van der Waals surface area (Å²) in [6.45, 7) is 5.37. The zero-order chi connectivity index (χ0) is 17.6. The van der Waals surface area contributed by atoms with Crippen LogP contribution < -0.4 is 9.47 Å². The maximum atomic E-state index is 10.8. The molecule has 0 aliphatic carbocycles. The molecule has 0 spiro atoms. The fraction of sp³-hybridized carbons (Fsp3) is 0.632. The number of ether oxygens (including phenoxy) is 3. The van der Waals surface area contributed by atoms with E-state index < -0.39 is 5.60 Å². The van der Waals surface area contributed by atoms with Gasteiger partial charge in [-0.1, -0.05) is 6.92 Å². The van der Waals surface area contributed by atoms with Crippen LogP contribution in [0, 0.1) is 0 Å². The first kappa shape index (κ1) is 18.7. The number of rotatable bonds is 7. The Labute approximate surface area is 144 Å². The second-order valence-electron chi connectivity index (χ2n) is 6.70. The monoisotopic (exact) mass is 335 g/mol. The van der Waals surface area contributed by atoms with E-state index in [1.807, 2.05) is 24.4 Å². The van der Waals surface area contributed by atoms with Crippen molar-refractivity contribution in [3.8, 4) is 11.5 Å². The Morgan fingerprint density at radius 1 is 1.29 bits per heavy atom. The summed E-state index contributed by atoms with van der Waals surface area (Å²) in [4.78, 5) is 4.46. The molecule has 0 bridgehead atoms. The summed E-state index contributed by atoms with van der Waals surface area (Å²) < 4.78 is 16.3. The Hall–Kier alpha value is -1.59. The molecular formula is C19H29NO4. The molecule has 1 fully saturated rings. The smallest absolute Gasteiger partial charge is 0.161 e. The van der Waals surface area contributed by atoms with Crippen molar-refractivity contribution in [1.82, 2.24) is 0 Å². The molecular weight excluding hydrogens is 306 g/mol. The average Bonchev–Trinajstić information content (AvgIpc) is 2.58. The van der Waals surface area contributed by atoms with Gasteiger partial charge in [0, 0.05) is 19.2 Å². The van der Waals surface area contributed by atoms with E-state index in [1.54, 1.807) is 14.2 Å². The van der Waals surface area contributed by atoms with Gasteiger partial charge in [0.25, 0.3) is 0 Å². The van der Waals surface area contributed by atoms with Gasteiger partial charge in [-0.15, -0.1) is 0 Å². The molecule has 1 N–H and O–H groups in total. The van der Waals surface area contributed by atoms with Gasteiger partial charge < -0.3 is 19.3 Å². The van der Waals surface area contributed by atoms with Gasteiger partial charge in [0.2, 0.25) is 0 Å². The van der Waals surface area contributed by atoms with Gasteiger partial charge in [-0.25, -0.2) is 0 Å². The van der Waals surface area contributed by atoms with Gasteiger partial charge in [-0.3, -0.25) is 4.99 Å². The summed E-state index contributed by atoms with van der Waals surface area (Å²) in [6.07, 6.45) is 4.71. The maximum absolute atomic E-state index is 10.8. The third kappa shape index (κ3) is 4.71. The van der Waals surface area contributed by atoms with Crippen LogP contribution >= 0.6 is 0 Å². The molecule has 5 heteroatoms. The Balaban J connectivity index is 1.92. The molecule has 24 heavy (non-hydrogen) atoms. The van der Waals surface area contributed by atoms with Gasteiger partial charge in [0.15, 0.2) is 11.5 Å². The molecule has 1 aliphatic rings. The van der Waals surface area contributed by atoms with E-state index in [0.717, 1.165) is 12.0 Å². The van der Waals surface area contributed by atoms with Crippen molar-refractivity contribution in [3.63, 3.8) is 0 Å². The van der Waals surface area contributed by atoms with E-state index in [9.17, 15) is 5.11 Å². The van der Waals surface area contributed by atoms with Crippen LogP contribution in [0.5, 0.6) is 11.5 Å². The van der Waals surface area contributed by atoms with Crippen molar-refractivity contribution in [2.75, 3.05) is 27.4 Å².